The van der Waals surface area contributed by atoms with E-state index in [-0.39, 0.29) is 16.6 Å². The van der Waals surface area contributed by atoms with Crippen LogP contribution in [0.15, 0.2) is 0 Å². The van der Waals surface area contributed by atoms with Gasteiger partial charge in [-0.25, -0.2) is 8.42 Å². The van der Waals surface area contributed by atoms with Crippen LogP contribution in [0, 0.1) is 0 Å². The van der Waals surface area contributed by atoms with Gasteiger partial charge in [-0.05, 0) is 13.3 Å². The molecule has 1 saturated heterocycles. The topological polar surface area (TPSA) is 43.4 Å². The predicted molar refractivity (Wildman–Crippen MR) is 43.5 cm³/mol. The summed E-state index contributed by atoms with van der Waals surface area (Å²) in [5.74, 6) is 0. The highest BCUT2D eigenvalue weighted by Crippen LogP contribution is 2.21. The molecule has 0 aromatic carbocycles. The molecule has 11 heavy (non-hydrogen) atoms. The van der Waals surface area contributed by atoms with E-state index in [0.29, 0.717) is 13.0 Å². The standard InChI is InChI=1S/C6H11ClO3S/c1-5-6(2-3-10-5)11(8,9)4-7/h5-6H,2-4H2,1H3. The van der Waals surface area contributed by atoms with E-state index in [1.807, 2.05) is 0 Å². The molecule has 5 heteroatoms. The van der Waals surface area contributed by atoms with E-state index in [1.165, 1.54) is 0 Å². The van der Waals surface area contributed by atoms with E-state index in [0.717, 1.165) is 0 Å². The maximum absolute atomic E-state index is 11.2. The molecule has 0 N–H and O–H groups in total. The zero-order chi connectivity index (χ0) is 8.48. The monoisotopic (exact) mass is 198 g/mol. The molecule has 0 saturated carbocycles. The molecule has 0 bridgehead atoms. The average Bonchev–Trinajstić information content (AvgIpc) is 2.36. The highest BCUT2D eigenvalue weighted by molar-refractivity contribution is 7.93. The molecule has 0 radical (unpaired) electrons. The van der Waals surface area contributed by atoms with Gasteiger partial charge in [-0.15, -0.1) is 11.6 Å². The Bertz CT molecular complexity index is 224. The molecule has 1 rings (SSSR count). The quantitative estimate of drug-likeness (QED) is 0.616. The van der Waals surface area contributed by atoms with Crippen LogP contribution in [0.5, 0.6) is 0 Å². The fourth-order valence-electron chi connectivity index (χ4n) is 1.26. The first kappa shape index (κ1) is 9.29. The van der Waals surface area contributed by atoms with Crippen LogP contribution in [0.2, 0.25) is 0 Å². The SMILES string of the molecule is CC1OCCC1S(=O)(=O)CCl. The molecule has 1 heterocycles. The molecule has 0 aliphatic carbocycles. The van der Waals surface area contributed by atoms with Crippen molar-refractivity contribution in [2.24, 2.45) is 0 Å². The van der Waals surface area contributed by atoms with Gasteiger partial charge in [0.05, 0.1) is 11.4 Å². The summed E-state index contributed by atoms with van der Waals surface area (Å²) in [6, 6.07) is 0. The fraction of sp³-hybridized carbons (Fsp3) is 1.00. The molecule has 66 valence electrons. The van der Waals surface area contributed by atoms with Gasteiger partial charge < -0.3 is 4.74 Å². The Kier molecular flexibility index (Phi) is 2.78. The Morgan fingerprint density at radius 1 is 1.64 bits per heavy atom. The Labute approximate surface area is 71.6 Å². The third-order valence-corrected chi connectivity index (χ3v) is 4.68. The number of hydrogen-bond acceptors (Lipinski definition) is 3. The molecule has 0 spiro atoms. The summed E-state index contributed by atoms with van der Waals surface area (Å²) in [4.78, 5) is 0. The first-order valence-corrected chi connectivity index (χ1v) is 5.72. The number of sulfone groups is 1. The predicted octanol–water partition coefficient (Wildman–Crippen LogP) is 0.775. The number of ether oxygens (including phenoxy) is 1. The van der Waals surface area contributed by atoms with Crippen molar-refractivity contribution in [3.05, 3.63) is 0 Å². The minimum Gasteiger partial charge on any atom is -0.377 e. The molecule has 0 aromatic rings. The van der Waals surface area contributed by atoms with Gasteiger partial charge in [0.1, 0.15) is 5.21 Å². The molecule has 1 aliphatic rings. The molecule has 3 nitrogen and oxygen atoms in total. The summed E-state index contributed by atoms with van der Waals surface area (Å²) < 4.78 is 27.5. The smallest absolute Gasteiger partial charge is 0.169 e. The Hall–Kier alpha value is 0.200. The van der Waals surface area contributed by atoms with Crippen LogP contribution in [0.3, 0.4) is 0 Å². The maximum atomic E-state index is 11.2. The molecule has 1 fully saturated rings. The van der Waals surface area contributed by atoms with Crippen LogP contribution < -0.4 is 0 Å². The molecule has 1 aliphatic heterocycles. The Morgan fingerprint density at radius 3 is 2.64 bits per heavy atom. The van der Waals surface area contributed by atoms with Gasteiger partial charge in [0.25, 0.3) is 0 Å². The van der Waals surface area contributed by atoms with Gasteiger partial charge in [0.2, 0.25) is 0 Å². The number of alkyl halides is 1. The van der Waals surface area contributed by atoms with Crippen molar-refractivity contribution in [1.29, 1.82) is 0 Å². The second-order valence-corrected chi connectivity index (χ2v) is 5.48. The first-order valence-electron chi connectivity index (χ1n) is 3.47. The highest BCUT2D eigenvalue weighted by atomic mass is 35.5. The summed E-state index contributed by atoms with van der Waals surface area (Å²) in [5.41, 5.74) is 0. The highest BCUT2D eigenvalue weighted by Gasteiger charge is 2.34. The lowest BCUT2D eigenvalue weighted by Gasteiger charge is -2.11. The molecule has 0 aromatic heterocycles. The molecule has 2 unspecified atom stereocenters. The van der Waals surface area contributed by atoms with Crippen LogP contribution in [-0.2, 0) is 14.6 Å². The fourth-order valence-corrected chi connectivity index (χ4v) is 3.03. The largest absolute Gasteiger partial charge is 0.377 e. The van der Waals surface area contributed by atoms with Crippen molar-refractivity contribution in [2.75, 3.05) is 11.8 Å². The summed E-state index contributed by atoms with van der Waals surface area (Å²) in [6.07, 6.45) is 0.384. The minimum atomic E-state index is -3.11. The third kappa shape index (κ3) is 1.86. The second kappa shape index (κ2) is 3.29. The van der Waals surface area contributed by atoms with Gasteiger partial charge in [-0.3, -0.25) is 0 Å². The lowest BCUT2D eigenvalue weighted by atomic mass is 10.3. The zero-order valence-corrected chi connectivity index (χ0v) is 7.86. The molecule has 0 amide bonds. The summed E-state index contributed by atoms with van der Waals surface area (Å²) in [5, 5.41) is -0.689. The minimum absolute atomic E-state index is 0.196. The molecular weight excluding hydrogens is 188 g/mol. The Morgan fingerprint density at radius 2 is 2.27 bits per heavy atom. The maximum Gasteiger partial charge on any atom is 0.169 e. The number of hydrogen-bond donors (Lipinski definition) is 0. The van der Waals surface area contributed by atoms with Gasteiger partial charge in [-0.2, -0.15) is 0 Å². The summed E-state index contributed by atoms with van der Waals surface area (Å²) >= 11 is 5.30. The van der Waals surface area contributed by atoms with E-state index in [9.17, 15) is 8.42 Å². The Balaban J connectivity index is 2.75. The van der Waals surface area contributed by atoms with E-state index in [1.54, 1.807) is 6.92 Å². The summed E-state index contributed by atoms with van der Waals surface area (Å²) in [7, 11) is -3.11. The van der Waals surface area contributed by atoms with Crippen molar-refractivity contribution >= 4 is 21.4 Å². The van der Waals surface area contributed by atoms with Crippen LogP contribution in [-0.4, -0.2) is 31.6 Å². The number of halogens is 1. The normalized spacial score (nSPS) is 32.5. The van der Waals surface area contributed by atoms with E-state index in [2.05, 4.69) is 0 Å². The molecular formula is C6H11ClO3S. The lowest BCUT2D eigenvalue weighted by Crippen LogP contribution is -2.28. The van der Waals surface area contributed by atoms with Crippen LogP contribution in [0.25, 0.3) is 0 Å². The van der Waals surface area contributed by atoms with Crippen molar-refractivity contribution in [3.8, 4) is 0 Å². The van der Waals surface area contributed by atoms with E-state index >= 15 is 0 Å². The van der Waals surface area contributed by atoms with E-state index in [4.69, 9.17) is 16.3 Å². The van der Waals surface area contributed by atoms with E-state index < -0.39 is 9.84 Å². The van der Waals surface area contributed by atoms with Gasteiger partial charge in [0.15, 0.2) is 9.84 Å². The lowest BCUT2D eigenvalue weighted by molar-refractivity contribution is 0.126. The zero-order valence-electron chi connectivity index (χ0n) is 6.29. The van der Waals surface area contributed by atoms with Crippen molar-refractivity contribution < 1.29 is 13.2 Å². The van der Waals surface area contributed by atoms with Crippen molar-refractivity contribution in [3.63, 3.8) is 0 Å². The van der Waals surface area contributed by atoms with Crippen LogP contribution in [0.1, 0.15) is 13.3 Å². The molecule has 2 atom stereocenters. The average molecular weight is 199 g/mol. The first-order chi connectivity index (χ1) is 5.08. The second-order valence-electron chi connectivity index (χ2n) is 2.68. The van der Waals surface area contributed by atoms with Crippen LogP contribution in [0.4, 0.5) is 0 Å². The van der Waals surface area contributed by atoms with Crippen molar-refractivity contribution in [1.82, 2.24) is 0 Å². The number of rotatable bonds is 2. The third-order valence-electron chi connectivity index (χ3n) is 1.92. The van der Waals surface area contributed by atoms with Gasteiger partial charge >= 0.3 is 0 Å². The van der Waals surface area contributed by atoms with Crippen LogP contribution >= 0.6 is 11.6 Å². The van der Waals surface area contributed by atoms with Gasteiger partial charge in [0, 0.05) is 6.61 Å². The van der Waals surface area contributed by atoms with Gasteiger partial charge in [-0.1, -0.05) is 0 Å². The van der Waals surface area contributed by atoms with Crippen molar-refractivity contribution in [2.45, 2.75) is 24.7 Å². The summed E-state index contributed by atoms with van der Waals surface area (Å²) in [6.45, 7) is 2.30.